The SMILES string of the molecule is O=C(Nc1ccc([C@@H]2SCC(=O)N2c2ccc(F)cc2F)cc1)c1ccc(F)cc1. The van der Waals surface area contributed by atoms with E-state index < -0.39 is 22.8 Å². The van der Waals surface area contributed by atoms with Crippen LogP contribution in [0.1, 0.15) is 21.3 Å². The highest BCUT2D eigenvalue weighted by Gasteiger charge is 2.35. The Kier molecular flexibility index (Phi) is 5.50. The summed E-state index contributed by atoms with van der Waals surface area (Å²) in [5, 5.41) is 2.24. The number of carbonyl (C=O) groups excluding carboxylic acids is 2. The van der Waals surface area contributed by atoms with E-state index in [1.165, 1.54) is 47.0 Å². The number of nitrogens with one attached hydrogen (secondary N) is 1. The first-order valence-electron chi connectivity index (χ1n) is 8.98. The van der Waals surface area contributed by atoms with Gasteiger partial charge in [0.2, 0.25) is 5.91 Å². The maximum atomic E-state index is 14.2. The number of thioether (sulfide) groups is 1. The Morgan fingerprint density at radius 3 is 2.27 bits per heavy atom. The number of benzene rings is 3. The molecule has 1 aliphatic rings. The summed E-state index contributed by atoms with van der Waals surface area (Å²) in [5.74, 6) is -2.44. The first-order chi connectivity index (χ1) is 14.4. The lowest BCUT2D eigenvalue weighted by Crippen LogP contribution is -2.28. The van der Waals surface area contributed by atoms with E-state index in [0.717, 1.165) is 17.7 Å². The minimum absolute atomic E-state index is 0.0186. The zero-order chi connectivity index (χ0) is 21.3. The molecule has 3 aromatic rings. The highest BCUT2D eigenvalue weighted by atomic mass is 32.2. The monoisotopic (exact) mass is 428 g/mol. The van der Waals surface area contributed by atoms with Crippen molar-refractivity contribution < 1.29 is 22.8 Å². The molecule has 0 unspecified atom stereocenters. The second-order valence-corrected chi connectivity index (χ2v) is 7.67. The summed E-state index contributed by atoms with van der Waals surface area (Å²) in [6.07, 6.45) is 0. The van der Waals surface area contributed by atoms with Gasteiger partial charge in [-0.05, 0) is 54.1 Å². The molecule has 30 heavy (non-hydrogen) atoms. The summed E-state index contributed by atoms with van der Waals surface area (Å²) >= 11 is 1.33. The van der Waals surface area contributed by atoms with Crippen LogP contribution in [0.3, 0.4) is 0 Å². The van der Waals surface area contributed by atoms with E-state index in [0.29, 0.717) is 11.3 Å². The molecule has 1 fully saturated rings. The maximum Gasteiger partial charge on any atom is 0.255 e. The Hall–Kier alpha value is -3.26. The summed E-state index contributed by atoms with van der Waals surface area (Å²) in [4.78, 5) is 25.9. The van der Waals surface area contributed by atoms with Gasteiger partial charge >= 0.3 is 0 Å². The molecule has 1 aliphatic heterocycles. The molecule has 1 atom stereocenters. The van der Waals surface area contributed by atoms with Gasteiger partial charge in [0.05, 0.1) is 11.4 Å². The van der Waals surface area contributed by atoms with Crippen LogP contribution >= 0.6 is 11.8 Å². The number of halogens is 3. The molecule has 4 nitrogen and oxygen atoms in total. The quantitative estimate of drug-likeness (QED) is 0.627. The minimum Gasteiger partial charge on any atom is -0.322 e. The fourth-order valence-electron chi connectivity index (χ4n) is 3.14. The van der Waals surface area contributed by atoms with Crippen molar-refractivity contribution in [2.24, 2.45) is 0 Å². The van der Waals surface area contributed by atoms with Crippen molar-refractivity contribution in [3.63, 3.8) is 0 Å². The second-order valence-electron chi connectivity index (χ2n) is 6.61. The summed E-state index contributed by atoms with van der Waals surface area (Å²) in [7, 11) is 0. The third-order valence-corrected chi connectivity index (χ3v) is 5.81. The second kappa shape index (κ2) is 8.23. The molecule has 0 aromatic heterocycles. The number of hydrogen-bond donors (Lipinski definition) is 1. The van der Waals surface area contributed by atoms with Crippen molar-refractivity contribution >= 4 is 35.0 Å². The Morgan fingerprint density at radius 2 is 1.60 bits per heavy atom. The van der Waals surface area contributed by atoms with Crippen LogP contribution in [0, 0.1) is 17.5 Å². The average molecular weight is 428 g/mol. The van der Waals surface area contributed by atoms with Crippen molar-refractivity contribution in [1.29, 1.82) is 0 Å². The normalized spacial score (nSPS) is 16.0. The Labute approximate surface area is 174 Å². The van der Waals surface area contributed by atoms with Crippen LogP contribution in [0.25, 0.3) is 0 Å². The molecule has 0 aliphatic carbocycles. The summed E-state index contributed by atoms with van der Waals surface area (Å²) in [6.45, 7) is 0. The van der Waals surface area contributed by atoms with Gasteiger partial charge < -0.3 is 5.32 Å². The van der Waals surface area contributed by atoms with Gasteiger partial charge in [0, 0.05) is 17.3 Å². The molecule has 1 heterocycles. The van der Waals surface area contributed by atoms with Crippen LogP contribution in [-0.4, -0.2) is 17.6 Å². The van der Waals surface area contributed by atoms with Crippen molar-refractivity contribution in [2.75, 3.05) is 16.0 Å². The molecule has 4 rings (SSSR count). The maximum absolute atomic E-state index is 14.2. The zero-order valence-electron chi connectivity index (χ0n) is 15.4. The van der Waals surface area contributed by atoms with E-state index in [2.05, 4.69) is 5.32 Å². The number of nitrogens with zero attached hydrogens (tertiary/aromatic N) is 1. The highest BCUT2D eigenvalue weighted by molar-refractivity contribution is 8.00. The molecule has 3 aromatic carbocycles. The topological polar surface area (TPSA) is 49.4 Å². The summed E-state index contributed by atoms with van der Waals surface area (Å²) in [6, 6.07) is 15.1. The number of rotatable bonds is 4. The fraction of sp³-hybridized carbons (Fsp3) is 0.0909. The van der Waals surface area contributed by atoms with Gasteiger partial charge in [0.25, 0.3) is 5.91 Å². The van der Waals surface area contributed by atoms with Gasteiger partial charge in [-0.3, -0.25) is 14.5 Å². The molecule has 0 spiro atoms. The first kappa shape index (κ1) is 20.0. The molecule has 2 amide bonds. The predicted octanol–water partition coefficient (Wildman–Crippen LogP) is 5.13. The van der Waals surface area contributed by atoms with Crippen LogP contribution < -0.4 is 10.2 Å². The lowest BCUT2D eigenvalue weighted by Gasteiger charge is -2.25. The van der Waals surface area contributed by atoms with Crippen molar-refractivity contribution in [3.05, 3.63) is 95.3 Å². The molecular formula is C22H15F3N2O2S. The number of hydrogen-bond acceptors (Lipinski definition) is 3. The van der Waals surface area contributed by atoms with E-state index in [1.54, 1.807) is 24.3 Å². The Bertz CT molecular complexity index is 1100. The van der Waals surface area contributed by atoms with Crippen LogP contribution in [0.5, 0.6) is 0 Å². The van der Waals surface area contributed by atoms with Crippen LogP contribution in [-0.2, 0) is 4.79 Å². The Morgan fingerprint density at radius 1 is 0.933 bits per heavy atom. The van der Waals surface area contributed by atoms with E-state index in [-0.39, 0.29) is 23.3 Å². The minimum atomic E-state index is -0.806. The molecule has 8 heteroatoms. The predicted molar refractivity (Wildman–Crippen MR) is 110 cm³/mol. The molecule has 152 valence electrons. The number of anilines is 2. The van der Waals surface area contributed by atoms with Crippen molar-refractivity contribution in [3.8, 4) is 0 Å². The molecule has 1 N–H and O–H groups in total. The van der Waals surface area contributed by atoms with Gasteiger partial charge in [-0.2, -0.15) is 0 Å². The summed E-state index contributed by atoms with van der Waals surface area (Å²) in [5.41, 5.74) is 1.58. The number of amides is 2. The van der Waals surface area contributed by atoms with E-state index in [9.17, 15) is 22.8 Å². The van der Waals surface area contributed by atoms with Crippen molar-refractivity contribution in [2.45, 2.75) is 5.37 Å². The highest BCUT2D eigenvalue weighted by Crippen LogP contribution is 2.42. The largest absolute Gasteiger partial charge is 0.322 e. The van der Waals surface area contributed by atoms with Gasteiger partial charge in [0.1, 0.15) is 22.8 Å². The van der Waals surface area contributed by atoms with Crippen molar-refractivity contribution in [1.82, 2.24) is 0 Å². The van der Waals surface area contributed by atoms with Crippen LogP contribution in [0.15, 0.2) is 66.7 Å². The third kappa shape index (κ3) is 4.04. The molecular weight excluding hydrogens is 413 g/mol. The lowest BCUT2D eigenvalue weighted by atomic mass is 10.1. The van der Waals surface area contributed by atoms with Gasteiger partial charge in [-0.25, -0.2) is 13.2 Å². The van der Waals surface area contributed by atoms with Gasteiger partial charge in [-0.1, -0.05) is 12.1 Å². The molecule has 1 saturated heterocycles. The smallest absolute Gasteiger partial charge is 0.255 e. The first-order valence-corrected chi connectivity index (χ1v) is 10.0. The van der Waals surface area contributed by atoms with E-state index >= 15 is 0 Å². The molecule has 0 bridgehead atoms. The van der Waals surface area contributed by atoms with Gasteiger partial charge in [-0.15, -0.1) is 11.8 Å². The third-order valence-electron chi connectivity index (χ3n) is 4.60. The number of carbonyl (C=O) groups is 2. The average Bonchev–Trinajstić information content (AvgIpc) is 3.10. The lowest BCUT2D eigenvalue weighted by molar-refractivity contribution is -0.115. The molecule has 0 saturated carbocycles. The zero-order valence-corrected chi connectivity index (χ0v) is 16.3. The van der Waals surface area contributed by atoms with Crippen LogP contribution in [0.4, 0.5) is 24.5 Å². The van der Waals surface area contributed by atoms with Crippen LogP contribution in [0.2, 0.25) is 0 Å². The van der Waals surface area contributed by atoms with Gasteiger partial charge in [0.15, 0.2) is 0 Å². The standard InChI is InChI=1S/C22H15F3N2O2S/c23-15-5-1-13(2-6-15)21(29)26-17-8-3-14(4-9-17)22-27(20(28)12-30-22)19-10-7-16(24)11-18(19)25/h1-11,22H,12H2,(H,26,29)/t22-/m0/s1. The van der Waals surface area contributed by atoms with E-state index in [4.69, 9.17) is 0 Å². The fourth-order valence-corrected chi connectivity index (χ4v) is 4.31. The molecule has 0 radical (unpaired) electrons. The van der Waals surface area contributed by atoms with E-state index in [1.807, 2.05) is 0 Å². The Balaban J connectivity index is 1.53. The summed E-state index contributed by atoms with van der Waals surface area (Å²) < 4.78 is 40.5.